The molecule has 1 N–H and O–H groups in total. The summed E-state index contributed by atoms with van der Waals surface area (Å²) < 4.78 is 0. The van der Waals surface area contributed by atoms with Crippen molar-refractivity contribution in [2.45, 2.75) is 52.4 Å². The van der Waals surface area contributed by atoms with Gasteiger partial charge in [0.1, 0.15) is 11.6 Å². The van der Waals surface area contributed by atoms with Crippen molar-refractivity contribution in [2.24, 2.45) is 0 Å². The molecule has 3 rings (SSSR count). The van der Waals surface area contributed by atoms with Gasteiger partial charge < -0.3 is 5.11 Å². The summed E-state index contributed by atoms with van der Waals surface area (Å²) in [6.45, 7) is 8.78. The number of aliphatic carboxylic acids is 1. The second-order valence-electron chi connectivity index (χ2n) is 7.96. The molecular formula is C29H34O4. The standard InChI is InChI=1S/2C10H12O.C9H10O2/c2*1-8(9(2)11)10-6-4-3-5-7-10;1-7(9(10)11)8-5-3-2-4-6-8/h2*3-8H,1-2H3;2-7H,1H3,(H,10,11). The molecule has 0 aliphatic heterocycles. The first kappa shape index (κ1) is 27.5. The van der Waals surface area contributed by atoms with E-state index in [0.717, 1.165) is 16.7 Å². The fraction of sp³-hybridized carbons (Fsp3) is 0.276. The summed E-state index contributed by atoms with van der Waals surface area (Å²) in [7, 11) is 0. The summed E-state index contributed by atoms with van der Waals surface area (Å²) in [6, 6.07) is 28.8. The number of benzene rings is 3. The molecule has 0 aliphatic carbocycles. The van der Waals surface area contributed by atoms with Gasteiger partial charge in [-0.1, -0.05) is 105 Å². The van der Waals surface area contributed by atoms with E-state index in [4.69, 9.17) is 5.11 Å². The fourth-order valence-electron chi connectivity index (χ4n) is 2.84. The molecule has 0 fully saturated rings. The van der Waals surface area contributed by atoms with E-state index in [1.807, 2.05) is 105 Å². The Morgan fingerprint density at radius 1 is 0.515 bits per heavy atom. The molecule has 0 saturated carbocycles. The summed E-state index contributed by atoms with van der Waals surface area (Å²) in [5, 5.41) is 8.64. The Kier molecular flexibility index (Phi) is 12.1. The molecule has 0 heterocycles. The second-order valence-corrected chi connectivity index (χ2v) is 7.96. The molecule has 3 atom stereocenters. The lowest BCUT2D eigenvalue weighted by atomic mass is 9.98. The minimum atomic E-state index is -0.781. The molecule has 4 nitrogen and oxygen atoms in total. The highest BCUT2D eigenvalue weighted by Crippen LogP contribution is 2.15. The number of hydrogen-bond acceptors (Lipinski definition) is 3. The largest absolute Gasteiger partial charge is 0.481 e. The van der Waals surface area contributed by atoms with Gasteiger partial charge in [-0.15, -0.1) is 0 Å². The molecular weight excluding hydrogens is 412 g/mol. The van der Waals surface area contributed by atoms with Gasteiger partial charge in [0.15, 0.2) is 0 Å². The normalized spacial score (nSPS) is 12.5. The van der Waals surface area contributed by atoms with E-state index in [0.29, 0.717) is 0 Å². The smallest absolute Gasteiger partial charge is 0.310 e. The van der Waals surface area contributed by atoms with Crippen molar-refractivity contribution in [3.05, 3.63) is 108 Å². The van der Waals surface area contributed by atoms with Crippen molar-refractivity contribution in [3.8, 4) is 0 Å². The lowest BCUT2D eigenvalue weighted by molar-refractivity contribution is -0.138. The van der Waals surface area contributed by atoms with Gasteiger partial charge in [-0.05, 0) is 37.5 Å². The molecule has 174 valence electrons. The molecule has 0 saturated heterocycles. The van der Waals surface area contributed by atoms with Gasteiger partial charge >= 0.3 is 5.97 Å². The van der Waals surface area contributed by atoms with E-state index < -0.39 is 11.9 Å². The Hall–Kier alpha value is -3.53. The maximum absolute atomic E-state index is 10.9. The first-order valence-electron chi connectivity index (χ1n) is 11.0. The number of carbonyl (C=O) groups is 3. The summed E-state index contributed by atoms with van der Waals surface area (Å²) in [6.07, 6.45) is 0. The van der Waals surface area contributed by atoms with E-state index in [1.165, 1.54) is 0 Å². The minimum Gasteiger partial charge on any atom is -0.481 e. The number of carboxylic acid groups (broad SMARTS) is 1. The highest BCUT2D eigenvalue weighted by Gasteiger charge is 2.12. The molecule has 3 unspecified atom stereocenters. The van der Waals surface area contributed by atoms with E-state index in [2.05, 4.69) is 0 Å². The molecule has 0 aromatic heterocycles. The van der Waals surface area contributed by atoms with Crippen molar-refractivity contribution in [1.29, 1.82) is 0 Å². The van der Waals surface area contributed by atoms with Crippen LogP contribution < -0.4 is 0 Å². The van der Waals surface area contributed by atoms with Crippen LogP contribution in [0.5, 0.6) is 0 Å². The highest BCUT2D eigenvalue weighted by atomic mass is 16.4. The predicted molar refractivity (Wildman–Crippen MR) is 134 cm³/mol. The van der Waals surface area contributed by atoms with Crippen LogP contribution in [-0.2, 0) is 14.4 Å². The Morgan fingerprint density at radius 2 is 0.758 bits per heavy atom. The first-order valence-corrected chi connectivity index (χ1v) is 11.0. The Bertz CT molecular complexity index is 850. The van der Waals surface area contributed by atoms with Crippen LogP contribution in [0, 0.1) is 0 Å². The molecule has 0 radical (unpaired) electrons. The Morgan fingerprint density at radius 3 is 0.970 bits per heavy atom. The van der Waals surface area contributed by atoms with Crippen LogP contribution in [-0.4, -0.2) is 22.6 Å². The zero-order chi connectivity index (χ0) is 24.8. The molecule has 33 heavy (non-hydrogen) atoms. The molecule has 3 aromatic rings. The van der Waals surface area contributed by atoms with Crippen LogP contribution in [0.15, 0.2) is 91.0 Å². The quantitative estimate of drug-likeness (QED) is 0.461. The maximum Gasteiger partial charge on any atom is 0.310 e. The van der Waals surface area contributed by atoms with Crippen LogP contribution in [0.2, 0.25) is 0 Å². The topological polar surface area (TPSA) is 71.4 Å². The van der Waals surface area contributed by atoms with Crippen molar-refractivity contribution in [3.63, 3.8) is 0 Å². The van der Waals surface area contributed by atoms with Crippen LogP contribution >= 0.6 is 0 Å². The van der Waals surface area contributed by atoms with Gasteiger partial charge in [0.2, 0.25) is 0 Å². The van der Waals surface area contributed by atoms with E-state index in [1.54, 1.807) is 20.8 Å². The van der Waals surface area contributed by atoms with Gasteiger partial charge in [0.05, 0.1) is 5.92 Å². The number of ketones is 2. The number of rotatable bonds is 6. The summed E-state index contributed by atoms with van der Waals surface area (Å²) in [5.74, 6) is -0.674. The number of Topliss-reactive ketones (excluding diaryl/α,β-unsaturated/α-hetero) is 2. The second kappa shape index (κ2) is 14.5. The van der Waals surface area contributed by atoms with Gasteiger partial charge in [-0.25, -0.2) is 0 Å². The third-order valence-corrected chi connectivity index (χ3v) is 5.49. The van der Waals surface area contributed by atoms with Crippen LogP contribution in [0.25, 0.3) is 0 Å². The molecule has 3 aromatic carbocycles. The predicted octanol–water partition coefficient (Wildman–Crippen LogP) is 6.63. The third kappa shape index (κ3) is 10.1. The van der Waals surface area contributed by atoms with E-state index in [9.17, 15) is 14.4 Å². The van der Waals surface area contributed by atoms with Crippen molar-refractivity contribution in [1.82, 2.24) is 0 Å². The molecule has 0 bridgehead atoms. The lowest BCUT2D eigenvalue weighted by Crippen LogP contribution is -2.06. The summed E-state index contributed by atoms with van der Waals surface area (Å²) >= 11 is 0. The zero-order valence-electron chi connectivity index (χ0n) is 20.1. The van der Waals surface area contributed by atoms with Gasteiger partial charge in [-0.2, -0.15) is 0 Å². The number of carbonyl (C=O) groups excluding carboxylic acids is 2. The zero-order valence-corrected chi connectivity index (χ0v) is 20.1. The average molecular weight is 447 g/mol. The third-order valence-electron chi connectivity index (χ3n) is 5.49. The Labute approximate surface area is 197 Å². The summed E-state index contributed by atoms with van der Waals surface area (Å²) in [5.41, 5.74) is 3.04. The molecule has 0 aliphatic rings. The first-order chi connectivity index (χ1) is 15.6. The average Bonchev–Trinajstić information content (AvgIpc) is 2.84. The van der Waals surface area contributed by atoms with Crippen LogP contribution in [0.4, 0.5) is 0 Å². The van der Waals surface area contributed by atoms with Gasteiger partial charge in [-0.3, -0.25) is 14.4 Å². The number of carboxylic acids is 1. The van der Waals surface area contributed by atoms with E-state index >= 15 is 0 Å². The molecule has 0 amide bonds. The van der Waals surface area contributed by atoms with Crippen molar-refractivity contribution in [2.75, 3.05) is 0 Å². The lowest BCUT2D eigenvalue weighted by Gasteiger charge is -2.05. The minimum absolute atomic E-state index is 0.0381. The summed E-state index contributed by atoms with van der Waals surface area (Å²) in [4.78, 5) is 32.4. The Balaban J connectivity index is 0.000000247. The maximum atomic E-state index is 10.9. The SMILES string of the molecule is CC(=O)C(C)c1ccccc1.CC(=O)C(C)c1ccccc1.CC(C(=O)O)c1ccccc1. The van der Waals surface area contributed by atoms with E-state index in [-0.39, 0.29) is 23.4 Å². The van der Waals surface area contributed by atoms with Crippen LogP contribution in [0.3, 0.4) is 0 Å². The van der Waals surface area contributed by atoms with Crippen LogP contribution in [0.1, 0.15) is 69.1 Å². The molecule has 4 heteroatoms. The molecule has 0 spiro atoms. The monoisotopic (exact) mass is 446 g/mol. The van der Waals surface area contributed by atoms with Crippen molar-refractivity contribution < 1.29 is 19.5 Å². The van der Waals surface area contributed by atoms with Crippen molar-refractivity contribution >= 4 is 17.5 Å². The van der Waals surface area contributed by atoms with Gasteiger partial charge in [0, 0.05) is 11.8 Å². The highest BCUT2D eigenvalue weighted by molar-refractivity contribution is 5.83. The fourth-order valence-corrected chi connectivity index (χ4v) is 2.84. The number of hydrogen-bond donors (Lipinski definition) is 1. The van der Waals surface area contributed by atoms with Gasteiger partial charge in [0.25, 0.3) is 0 Å².